The number of nitrogens with zero attached hydrogens (tertiary/aromatic N) is 1. The number of carbonyl (C=O) groups is 1. The lowest BCUT2D eigenvalue weighted by Crippen LogP contribution is -2.38. The van der Waals surface area contributed by atoms with Gasteiger partial charge in [-0.1, -0.05) is 18.2 Å². The number of Topliss-reactive ketones (excluding diaryl/α,β-unsaturated/α-hetero) is 1. The Morgan fingerprint density at radius 1 is 1.23 bits per heavy atom. The fourth-order valence-corrected chi connectivity index (χ4v) is 4.05. The number of hydrogen-bond donors (Lipinski definition) is 1. The third-order valence-electron chi connectivity index (χ3n) is 5.37. The summed E-state index contributed by atoms with van der Waals surface area (Å²) in [5.74, 6) is 1.66. The van der Waals surface area contributed by atoms with Gasteiger partial charge < -0.3 is 14.6 Å². The molecule has 0 saturated carbocycles. The Balaban J connectivity index is 1.66. The maximum absolute atomic E-state index is 13.1. The fourth-order valence-electron chi connectivity index (χ4n) is 4.05. The number of piperidine rings is 1. The Kier molecular flexibility index (Phi) is 7.88. The molecule has 0 radical (unpaired) electrons. The van der Waals surface area contributed by atoms with Crippen LogP contribution < -0.4 is 9.47 Å². The van der Waals surface area contributed by atoms with Gasteiger partial charge in [0.05, 0.1) is 19.3 Å². The molecule has 1 aliphatic rings. The first-order valence-corrected chi connectivity index (χ1v) is 10.9. The van der Waals surface area contributed by atoms with Gasteiger partial charge in [0.15, 0.2) is 5.78 Å². The van der Waals surface area contributed by atoms with E-state index >= 15 is 0 Å². The van der Waals surface area contributed by atoms with Gasteiger partial charge in [-0.2, -0.15) is 0 Å². The van der Waals surface area contributed by atoms with Gasteiger partial charge >= 0.3 is 0 Å². The molecule has 5 nitrogen and oxygen atoms in total. The van der Waals surface area contributed by atoms with Gasteiger partial charge in [0.2, 0.25) is 0 Å². The molecule has 5 heteroatoms. The summed E-state index contributed by atoms with van der Waals surface area (Å²) in [6.07, 6.45) is 2.00. The zero-order valence-corrected chi connectivity index (χ0v) is 18.3. The van der Waals surface area contributed by atoms with Crippen LogP contribution in [0.1, 0.15) is 55.1 Å². The van der Waals surface area contributed by atoms with E-state index < -0.39 is 0 Å². The molecule has 1 atom stereocenters. The average molecular weight is 412 g/mol. The van der Waals surface area contributed by atoms with Gasteiger partial charge in [0.1, 0.15) is 11.5 Å². The first kappa shape index (κ1) is 22.3. The van der Waals surface area contributed by atoms with E-state index in [4.69, 9.17) is 9.47 Å². The molecule has 0 amide bonds. The van der Waals surface area contributed by atoms with Crippen LogP contribution in [0.3, 0.4) is 0 Å². The molecule has 0 unspecified atom stereocenters. The average Bonchev–Trinajstić information content (AvgIpc) is 2.74. The van der Waals surface area contributed by atoms with Crippen molar-refractivity contribution in [3.8, 4) is 11.5 Å². The standard InChI is InChI=1S/C25H33NO4/c1-4-29-24-11-10-19(13-22(24)17-27)15-26-12-6-8-21(16-26)25(28)20-7-5-9-23(14-20)30-18(2)3/h5,7,9-11,13-14,18,21,27H,4,6,8,12,15-17H2,1-3H3/t21-/m1/s1. The molecular weight excluding hydrogens is 378 g/mol. The Labute approximate surface area is 179 Å². The third kappa shape index (κ3) is 5.83. The second-order valence-corrected chi connectivity index (χ2v) is 8.17. The number of ketones is 1. The number of ether oxygens (including phenoxy) is 2. The van der Waals surface area contributed by atoms with Gasteiger partial charge in [-0.05, 0) is 70.0 Å². The highest BCUT2D eigenvalue weighted by atomic mass is 16.5. The van der Waals surface area contributed by atoms with E-state index in [9.17, 15) is 9.90 Å². The Morgan fingerprint density at radius 2 is 2.07 bits per heavy atom. The molecule has 30 heavy (non-hydrogen) atoms. The van der Waals surface area contributed by atoms with Crippen molar-refractivity contribution < 1.29 is 19.4 Å². The van der Waals surface area contributed by atoms with E-state index in [-0.39, 0.29) is 24.4 Å². The SMILES string of the molecule is CCOc1ccc(CN2CCC[C@@H](C(=O)c3cccc(OC(C)C)c3)C2)cc1CO. The van der Waals surface area contributed by atoms with Crippen LogP contribution >= 0.6 is 0 Å². The molecule has 1 fully saturated rings. The third-order valence-corrected chi connectivity index (χ3v) is 5.37. The lowest BCUT2D eigenvalue weighted by molar-refractivity contribution is 0.0811. The van der Waals surface area contributed by atoms with Crippen molar-refractivity contribution >= 4 is 5.78 Å². The fraction of sp³-hybridized carbons (Fsp3) is 0.480. The second kappa shape index (κ2) is 10.6. The molecule has 1 heterocycles. The maximum atomic E-state index is 13.1. The number of likely N-dealkylation sites (tertiary alicyclic amines) is 1. The zero-order valence-electron chi connectivity index (χ0n) is 18.3. The summed E-state index contributed by atoms with van der Waals surface area (Å²) >= 11 is 0. The molecular formula is C25H33NO4. The molecule has 3 rings (SSSR count). The summed E-state index contributed by atoms with van der Waals surface area (Å²) in [7, 11) is 0. The van der Waals surface area contributed by atoms with Crippen LogP contribution in [0.4, 0.5) is 0 Å². The monoisotopic (exact) mass is 411 g/mol. The smallest absolute Gasteiger partial charge is 0.167 e. The van der Waals surface area contributed by atoms with Gasteiger partial charge in [0, 0.05) is 30.1 Å². The van der Waals surface area contributed by atoms with Crippen molar-refractivity contribution in [3.63, 3.8) is 0 Å². The lowest BCUT2D eigenvalue weighted by Gasteiger charge is -2.32. The molecule has 1 saturated heterocycles. The van der Waals surface area contributed by atoms with E-state index in [1.807, 2.05) is 63.2 Å². The highest BCUT2D eigenvalue weighted by Gasteiger charge is 2.27. The van der Waals surface area contributed by atoms with Crippen LogP contribution in [0.25, 0.3) is 0 Å². The summed E-state index contributed by atoms with van der Waals surface area (Å²) < 4.78 is 11.3. The van der Waals surface area contributed by atoms with Gasteiger partial charge in [0.25, 0.3) is 0 Å². The van der Waals surface area contributed by atoms with Crippen LogP contribution in [0.5, 0.6) is 11.5 Å². The maximum Gasteiger partial charge on any atom is 0.167 e. The van der Waals surface area contributed by atoms with Gasteiger partial charge in [-0.25, -0.2) is 0 Å². The summed E-state index contributed by atoms with van der Waals surface area (Å²) in [4.78, 5) is 15.5. The predicted molar refractivity (Wildman–Crippen MR) is 118 cm³/mol. The summed E-state index contributed by atoms with van der Waals surface area (Å²) in [6, 6.07) is 13.5. The number of rotatable bonds is 9. The first-order valence-electron chi connectivity index (χ1n) is 10.9. The van der Waals surface area contributed by atoms with E-state index in [1.165, 1.54) is 0 Å². The summed E-state index contributed by atoms with van der Waals surface area (Å²) in [6.45, 7) is 8.92. The number of carbonyl (C=O) groups excluding carboxylic acids is 1. The van der Waals surface area contributed by atoms with Crippen LogP contribution in [-0.4, -0.2) is 41.6 Å². The van der Waals surface area contributed by atoms with Crippen molar-refractivity contribution in [2.45, 2.75) is 52.9 Å². The quantitative estimate of drug-likeness (QED) is 0.618. The van der Waals surface area contributed by atoms with Crippen molar-refractivity contribution in [1.29, 1.82) is 0 Å². The van der Waals surface area contributed by atoms with E-state index in [1.54, 1.807) is 0 Å². The van der Waals surface area contributed by atoms with Crippen LogP contribution in [0, 0.1) is 5.92 Å². The largest absolute Gasteiger partial charge is 0.494 e. The number of aliphatic hydroxyl groups is 1. The van der Waals surface area contributed by atoms with Crippen LogP contribution in [0.2, 0.25) is 0 Å². The normalized spacial score (nSPS) is 17.2. The van der Waals surface area contributed by atoms with E-state index in [0.717, 1.165) is 60.7 Å². The number of aliphatic hydroxyl groups excluding tert-OH is 1. The molecule has 162 valence electrons. The summed E-state index contributed by atoms with van der Waals surface area (Å²) in [5, 5.41) is 9.64. The van der Waals surface area contributed by atoms with Crippen molar-refractivity contribution in [3.05, 3.63) is 59.2 Å². The van der Waals surface area contributed by atoms with Crippen LogP contribution in [-0.2, 0) is 13.2 Å². The molecule has 0 aromatic heterocycles. The van der Waals surface area contributed by atoms with E-state index in [0.29, 0.717) is 6.61 Å². The minimum Gasteiger partial charge on any atom is -0.494 e. The Hall–Kier alpha value is -2.37. The van der Waals surface area contributed by atoms with E-state index in [2.05, 4.69) is 4.90 Å². The molecule has 1 N–H and O–H groups in total. The highest BCUT2D eigenvalue weighted by Crippen LogP contribution is 2.26. The zero-order chi connectivity index (χ0) is 21.5. The van der Waals surface area contributed by atoms with Gasteiger partial charge in [-0.3, -0.25) is 9.69 Å². The second-order valence-electron chi connectivity index (χ2n) is 8.17. The van der Waals surface area contributed by atoms with Crippen molar-refractivity contribution in [2.24, 2.45) is 5.92 Å². The molecule has 0 aliphatic carbocycles. The molecule has 2 aromatic rings. The van der Waals surface area contributed by atoms with Crippen molar-refractivity contribution in [2.75, 3.05) is 19.7 Å². The molecule has 1 aliphatic heterocycles. The highest BCUT2D eigenvalue weighted by molar-refractivity contribution is 5.98. The lowest BCUT2D eigenvalue weighted by atomic mass is 9.89. The van der Waals surface area contributed by atoms with Gasteiger partial charge in [-0.15, -0.1) is 0 Å². The van der Waals surface area contributed by atoms with Crippen molar-refractivity contribution in [1.82, 2.24) is 4.90 Å². The Bertz CT molecular complexity index is 849. The molecule has 0 bridgehead atoms. The minimum atomic E-state index is -0.0426. The first-order chi connectivity index (χ1) is 14.5. The Morgan fingerprint density at radius 3 is 2.80 bits per heavy atom. The molecule has 2 aromatic carbocycles. The number of hydrogen-bond acceptors (Lipinski definition) is 5. The molecule has 0 spiro atoms. The number of benzene rings is 2. The van der Waals surface area contributed by atoms with Crippen LogP contribution in [0.15, 0.2) is 42.5 Å². The minimum absolute atomic E-state index is 0.00643. The predicted octanol–water partition coefficient (Wildman–Crippen LogP) is 4.46. The summed E-state index contributed by atoms with van der Waals surface area (Å²) in [5.41, 5.74) is 2.66. The topological polar surface area (TPSA) is 59.0 Å².